The SMILES string of the molecule is CC(C)CC(N)[C@@H](O)CC(C)C[C@@H](CO)Nc1ccc2ncc(-c3cc4ccccc4s3)n2n1. The first-order valence-electron chi connectivity index (χ1n) is 12.0. The summed E-state index contributed by atoms with van der Waals surface area (Å²) in [6.07, 6.45) is 3.42. The smallest absolute Gasteiger partial charge is 0.154 e. The number of nitrogens with zero attached hydrogens (tertiary/aromatic N) is 3. The lowest BCUT2D eigenvalue weighted by atomic mass is 9.90. The average Bonchev–Trinajstić information content (AvgIpc) is 3.41. The minimum Gasteiger partial charge on any atom is -0.394 e. The van der Waals surface area contributed by atoms with E-state index in [4.69, 9.17) is 10.8 Å². The molecule has 0 radical (unpaired) electrons. The molecular formula is C26H35N5O2S. The summed E-state index contributed by atoms with van der Waals surface area (Å²) in [4.78, 5) is 5.62. The van der Waals surface area contributed by atoms with Gasteiger partial charge in [0, 0.05) is 10.7 Å². The number of hydrogen-bond acceptors (Lipinski definition) is 7. The molecule has 7 nitrogen and oxygen atoms in total. The largest absolute Gasteiger partial charge is 0.394 e. The topological polar surface area (TPSA) is 109 Å². The third-order valence-electron chi connectivity index (χ3n) is 6.18. The van der Waals surface area contributed by atoms with E-state index >= 15 is 0 Å². The van der Waals surface area contributed by atoms with Gasteiger partial charge in [0.25, 0.3) is 0 Å². The molecule has 4 rings (SSSR count). The van der Waals surface area contributed by atoms with Crippen molar-refractivity contribution in [3.05, 3.63) is 48.7 Å². The molecule has 2 unspecified atom stereocenters. The van der Waals surface area contributed by atoms with Gasteiger partial charge in [-0.15, -0.1) is 16.4 Å². The van der Waals surface area contributed by atoms with Gasteiger partial charge in [-0.3, -0.25) is 0 Å². The van der Waals surface area contributed by atoms with Crippen LogP contribution in [0, 0.1) is 11.8 Å². The predicted octanol–water partition coefficient (Wildman–Crippen LogP) is 4.53. The first kappa shape index (κ1) is 24.6. The summed E-state index contributed by atoms with van der Waals surface area (Å²) in [6, 6.07) is 13.9. The average molecular weight is 482 g/mol. The summed E-state index contributed by atoms with van der Waals surface area (Å²) in [6.45, 7) is 6.28. The summed E-state index contributed by atoms with van der Waals surface area (Å²) in [5.41, 5.74) is 7.86. The number of aliphatic hydroxyl groups excluding tert-OH is 2. The molecule has 0 spiro atoms. The van der Waals surface area contributed by atoms with Crippen molar-refractivity contribution in [2.75, 3.05) is 11.9 Å². The maximum atomic E-state index is 10.5. The fraction of sp³-hybridized carbons (Fsp3) is 0.462. The molecular weight excluding hydrogens is 446 g/mol. The van der Waals surface area contributed by atoms with Crippen LogP contribution in [-0.4, -0.2) is 49.6 Å². The second-order valence-electron chi connectivity index (χ2n) is 9.74. The molecule has 4 atom stereocenters. The fourth-order valence-corrected chi connectivity index (χ4v) is 5.54. The van der Waals surface area contributed by atoms with Gasteiger partial charge in [-0.1, -0.05) is 39.0 Å². The van der Waals surface area contributed by atoms with Gasteiger partial charge in [0.15, 0.2) is 5.65 Å². The van der Waals surface area contributed by atoms with Crippen LogP contribution >= 0.6 is 11.3 Å². The molecule has 0 saturated heterocycles. The van der Waals surface area contributed by atoms with E-state index in [1.165, 1.54) is 10.1 Å². The van der Waals surface area contributed by atoms with Crippen molar-refractivity contribution in [1.82, 2.24) is 14.6 Å². The maximum absolute atomic E-state index is 10.5. The molecule has 0 fully saturated rings. The number of fused-ring (bicyclic) bond motifs is 2. The Bertz CT molecular complexity index is 1190. The summed E-state index contributed by atoms with van der Waals surface area (Å²) in [7, 11) is 0. The molecule has 0 aliphatic rings. The van der Waals surface area contributed by atoms with Crippen LogP contribution in [0.4, 0.5) is 5.82 Å². The minimum absolute atomic E-state index is 0.0225. The third-order valence-corrected chi connectivity index (χ3v) is 7.32. The van der Waals surface area contributed by atoms with E-state index in [1.807, 2.05) is 35.0 Å². The van der Waals surface area contributed by atoms with Crippen molar-refractivity contribution in [3.8, 4) is 10.6 Å². The van der Waals surface area contributed by atoms with Crippen LogP contribution in [0.25, 0.3) is 26.3 Å². The number of rotatable bonds is 11. The highest BCUT2D eigenvalue weighted by Crippen LogP contribution is 2.33. The van der Waals surface area contributed by atoms with Crippen LogP contribution in [0.5, 0.6) is 0 Å². The maximum Gasteiger partial charge on any atom is 0.154 e. The van der Waals surface area contributed by atoms with Gasteiger partial charge in [0.05, 0.1) is 29.8 Å². The van der Waals surface area contributed by atoms with Gasteiger partial charge in [-0.05, 0) is 60.7 Å². The highest BCUT2D eigenvalue weighted by molar-refractivity contribution is 7.22. The van der Waals surface area contributed by atoms with Gasteiger partial charge in [-0.25, -0.2) is 9.50 Å². The van der Waals surface area contributed by atoms with Gasteiger partial charge >= 0.3 is 0 Å². The normalized spacial score (nSPS) is 15.6. The lowest BCUT2D eigenvalue weighted by Gasteiger charge is -2.26. The zero-order valence-corrected chi connectivity index (χ0v) is 20.9. The molecule has 0 aliphatic heterocycles. The number of nitrogens with two attached hydrogens (primary N) is 1. The molecule has 0 bridgehead atoms. The zero-order chi connectivity index (χ0) is 24.2. The molecule has 0 aliphatic carbocycles. The van der Waals surface area contributed by atoms with Crippen molar-refractivity contribution < 1.29 is 10.2 Å². The highest BCUT2D eigenvalue weighted by Gasteiger charge is 2.21. The van der Waals surface area contributed by atoms with Crippen molar-refractivity contribution in [1.29, 1.82) is 0 Å². The molecule has 0 saturated carbocycles. The van der Waals surface area contributed by atoms with Crippen molar-refractivity contribution in [2.24, 2.45) is 17.6 Å². The third kappa shape index (κ3) is 5.75. The lowest BCUT2D eigenvalue weighted by Crippen LogP contribution is -2.37. The number of nitrogens with one attached hydrogen (secondary N) is 1. The Hall–Kier alpha value is -2.52. The first-order valence-corrected chi connectivity index (χ1v) is 12.8. The lowest BCUT2D eigenvalue weighted by molar-refractivity contribution is 0.105. The minimum atomic E-state index is -0.541. The summed E-state index contributed by atoms with van der Waals surface area (Å²) in [5, 5.41) is 29.8. The van der Waals surface area contributed by atoms with Crippen LogP contribution in [0.15, 0.2) is 48.7 Å². The van der Waals surface area contributed by atoms with Crippen LogP contribution < -0.4 is 11.1 Å². The number of aliphatic hydroxyl groups is 2. The molecule has 4 aromatic rings. The quantitative estimate of drug-likeness (QED) is 0.251. The molecule has 5 N–H and O–H groups in total. The monoisotopic (exact) mass is 481 g/mol. The van der Waals surface area contributed by atoms with Gasteiger partial charge < -0.3 is 21.3 Å². The number of imidazole rings is 1. The van der Waals surface area contributed by atoms with Crippen molar-refractivity contribution in [2.45, 2.75) is 58.2 Å². The van der Waals surface area contributed by atoms with Crippen molar-refractivity contribution in [3.63, 3.8) is 0 Å². The van der Waals surface area contributed by atoms with Crippen molar-refractivity contribution >= 4 is 32.9 Å². The van der Waals surface area contributed by atoms with Crippen LogP contribution in [0.3, 0.4) is 0 Å². The second kappa shape index (κ2) is 10.8. The Morgan fingerprint density at radius 1 is 1.09 bits per heavy atom. The Balaban J connectivity index is 1.46. The van der Waals surface area contributed by atoms with E-state index < -0.39 is 6.10 Å². The van der Waals surface area contributed by atoms with E-state index in [0.717, 1.165) is 22.6 Å². The van der Waals surface area contributed by atoms with E-state index in [-0.39, 0.29) is 24.6 Å². The Kier molecular flexibility index (Phi) is 7.83. The Labute approximate surface area is 204 Å². The number of thiophene rings is 1. The van der Waals surface area contributed by atoms with Gasteiger partial charge in [-0.2, -0.15) is 0 Å². The standard InChI is InChI=1S/C26H35N5O2S/c1-16(2)10-20(27)22(33)12-17(3)11-19(15-32)29-25-8-9-26-28-14-21(31(26)30-25)24-13-18-6-4-5-7-23(18)34-24/h4-9,13-14,16-17,19-20,22,32-33H,10-12,15,27H2,1-3H3,(H,29,30)/t17?,19-,20?,22-/m0/s1. The van der Waals surface area contributed by atoms with Gasteiger partial charge in [0.1, 0.15) is 11.5 Å². The summed E-state index contributed by atoms with van der Waals surface area (Å²) < 4.78 is 3.07. The number of benzene rings is 1. The number of hydrogen-bond donors (Lipinski definition) is 4. The van der Waals surface area contributed by atoms with E-state index in [9.17, 15) is 10.2 Å². The second-order valence-corrected chi connectivity index (χ2v) is 10.8. The summed E-state index contributed by atoms with van der Waals surface area (Å²) >= 11 is 1.72. The van der Waals surface area contributed by atoms with E-state index in [0.29, 0.717) is 24.6 Å². The molecule has 1 aromatic carbocycles. The molecule has 3 aromatic heterocycles. The fourth-order valence-electron chi connectivity index (χ4n) is 4.49. The molecule has 0 amide bonds. The molecule has 34 heavy (non-hydrogen) atoms. The van der Waals surface area contributed by atoms with E-state index in [1.54, 1.807) is 11.3 Å². The highest BCUT2D eigenvalue weighted by atomic mass is 32.1. The van der Waals surface area contributed by atoms with Crippen LogP contribution in [0.1, 0.15) is 40.0 Å². The van der Waals surface area contributed by atoms with Gasteiger partial charge in [0.2, 0.25) is 0 Å². The summed E-state index contributed by atoms with van der Waals surface area (Å²) in [5.74, 6) is 1.33. The van der Waals surface area contributed by atoms with Crippen LogP contribution in [-0.2, 0) is 0 Å². The zero-order valence-electron chi connectivity index (χ0n) is 20.1. The number of anilines is 1. The number of aromatic nitrogens is 3. The molecule has 3 heterocycles. The first-order chi connectivity index (χ1) is 16.3. The Morgan fingerprint density at radius 3 is 2.62 bits per heavy atom. The predicted molar refractivity (Wildman–Crippen MR) is 140 cm³/mol. The van der Waals surface area contributed by atoms with E-state index in [2.05, 4.69) is 49.3 Å². The van der Waals surface area contributed by atoms with Crippen LogP contribution in [0.2, 0.25) is 0 Å². The molecule has 8 heteroatoms. The molecule has 182 valence electrons. The Morgan fingerprint density at radius 2 is 1.88 bits per heavy atom.